The Bertz CT molecular complexity index is 605. The van der Waals surface area contributed by atoms with Crippen LogP contribution in [0.3, 0.4) is 0 Å². The van der Waals surface area contributed by atoms with Crippen LogP contribution in [0.2, 0.25) is 5.02 Å². The molecule has 0 aliphatic rings. The third-order valence-electron chi connectivity index (χ3n) is 3.08. The fourth-order valence-electron chi connectivity index (χ4n) is 1.97. The van der Waals surface area contributed by atoms with Crippen LogP contribution < -0.4 is 0 Å². The third kappa shape index (κ3) is 4.04. The lowest BCUT2D eigenvalue weighted by Gasteiger charge is -2.03. The molecule has 0 atom stereocenters. The molecule has 2 nitrogen and oxygen atoms in total. The predicted octanol–water partition coefficient (Wildman–Crippen LogP) is 4.11. The zero-order valence-corrected chi connectivity index (χ0v) is 11.8. The van der Waals surface area contributed by atoms with Crippen molar-refractivity contribution in [2.75, 3.05) is 0 Å². The molecule has 0 spiro atoms. The van der Waals surface area contributed by atoms with E-state index < -0.39 is 0 Å². The minimum absolute atomic E-state index is 0.0472. The van der Waals surface area contributed by atoms with Crippen LogP contribution in [-0.2, 0) is 11.2 Å². The van der Waals surface area contributed by atoms with Crippen LogP contribution >= 0.6 is 11.6 Å². The van der Waals surface area contributed by atoms with Gasteiger partial charge >= 0.3 is 0 Å². The number of ketones is 2. The second kappa shape index (κ2) is 7.01. The van der Waals surface area contributed by atoms with E-state index >= 15 is 0 Å². The lowest BCUT2D eigenvalue weighted by molar-refractivity contribution is -0.118. The molecule has 0 saturated heterocycles. The van der Waals surface area contributed by atoms with Gasteiger partial charge in [-0.1, -0.05) is 60.1 Å². The van der Waals surface area contributed by atoms with Crippen LogP contribution in [0, 0.1) is 0 Å². The summed E-state index contributed by atoms with van der Waals surface area (Å²) in [5.74, 6) is -0.187. The van der Waals surface area contributed by atoms with Gasteiger partial charge in [-0.25, -0.2) is 0 Å². The number of carbonyl (C=O) groups is 2. The Morgan fingerprint density at radius 3 is 2.25 bits per heavy atom. The molecule has 0 saturated carbocycles. The summed E-state index contributed by atoms with van der Waals surface area (Å²) in [6.07, 6.45) is 0.858. The van der Waals surface area contributed by atoms with Crippen molar-refractivity contribution < 1.29 is 9.59 Å². The van der Waals surface area contributed by atoms with Gasteiger partial charge in [0, 0.05) is 17.0 Å². The molecule has 0 N–H and O–H groups in total. The molecular formula is C17H15ClO2. The zero-order chi connectivity index (χ0) is 14.4. The van der Waals surface area contributed by atoms with Gasteiger partial charge in [-0.2, -0.15) is 0 Å². The van der Waals surface area contributed by atoms with E-state index in [1.54, 1.807) is 30.3 Å². The molecule has 2 aromatic rings. The molecule has 0 aliphatic heterocycles. The summed E-state index contributed by atoms with van der Waals surface area (Å²) in [5.41, 5.74) is 1.52. The maximum absolute atomic E-state index is 11.9. The third-order valence-corrected chi connectivity index (χ3v) is 3.45. The first-order chi connectivity index (χ1) is 9.66. The molecule has 3 heteroatoms. The first-order valence-electron chi connectivity index (χ1n) is 6.50. The normalized spacial score (nSPS) is 10.2. The Hall–Kier alpha value is -1.93. The van der Waals surface area contributed by atoms with Crippen LogP contribution in [0.15, 0.2) is 54.6 Å². The number of aryl methyl sites for hydroxylation is 1. The lowest BCUT2D eigenvalue weighted by atomic mass is 10.0. The molecule has 2 rings (SSSR count). The molecule has 0 aromatic heterocycles. The van der Waals surface area contributed by atoms with Crippen molar-refractivity contribution in [2.24, 2.45) is 0 Å². The van der Waals surface area contributed by atoms with Crippen molar-refractivity contribution in [2.45, 2.75) is 19.3 Å². The smallest absolute Gasteiger partial charge is 0.170 e. The van der Waals surface area contributed by atoms with E-state index in [4.69, 9.17) is 11.6 Å². The molecule has 102 valence electrons. The zero-order valence-electron chi connectivity index (χ0n) is 11.0. The first-order valence-corrected chi connectivity index (χ1v) is 6.88. The van der Waals surface area contributed by atoms with Gasteiger partial charge in [0.25, 0.3) is 0 Å². The largest absolute Gasteiger partial charge is 0.299 e. The highest BCUT2D eigenvalue weighted by Crippen LogP contribution is 2.17. The maximum Gasteiger partial charge on any atom is 0.170 e. The summed E-state index contributed by atoms with van der Waals surface area (Å²) in [6.45, 7) is 0. The number of halogens is 1. The number of hydrogen-bond acceptors (Lipinski definition) is 2. The molecule has 20 heavy (non-hydrogen) atoms. The van der Waals surface area contributed by atoms with E-state index in [2.05, 4.69) is 0 Å². The molecule has 2 aromatic carbocycles. The number of rotatable bonds is 6. The molecular weight excluding hydrogens is 272 g/mol. The molecule has 0 bridgehead atoms. The summed E-state index contributed by atoms with van der Waals surface area (Å²) in [5, 5.41) is 0.662. The van der Waals surface area contributed by atoms with Crippen LogP contribution in [-0.4, -0.2) is 11.6 Å². The lowest BCUT2D eigenvalue weighted by Crippen LogP contribution is -2.09. The molecule has 0 fully saturated rings. The monoisotopic (exact) mass is 286 g/mol. The molecule has 0 unspecified atom stereocenters. The Morgan fingerprint density at radius 2 is 1.55 bits per heavy atom. The Labute approximate surface area is 123 Å². The van der Waals surface area contributed by atoms with E-state index in [9.17, 15) is 9.59 Å². The van der Waals surface area contributed by atoms with Gasteiger partial charge in [0.1, 0.15) is 5.78 Å². The first kappa shape index (κ1) is 14.5. The number of carbonyl (C=O) groups excluding carboxylic acids is 2. The van der Waals surface area contributed by atoms with Crippen LogP contribution in [0.5, 0.6) is 0 Å². The molecule has 0 radical (unpaired) electrons. The highest BCUT2D eigenvalue weighted by Gasteiger charge is 2.12. The summed E-state index contributed by atoms with van der Waals surface area (Å²) in [7, 11) is 0. The van der Waals surface area contributed by atoms with Crippen molar-refractivity contribution in [3.63, 3.8) is 0 Å². The van der Waals surface area contributed by atoms with E-state index in [0.29, 0.717) is 23.4 Å². The van der Waals surface area contributed by atoms with Crippen molar-refractivity contribution in [3.8, 4) is 0 Å². The van der Waals surface area contributed by atoms with Gasteiger partial charge in [-0.3, -0.25) is 9.59 Å². The fraction of sp³-hybridized carbons (Fsp3) is 0.176. The standard InChI is InChI=1S/C17H15ClO2/c18-16-9-5-4-6-13(16)10-11-15(19)12-17(20)14-7-2-1-3-8-14/h1-9H,10-12H2. The van der Waals surface area contributed by atoms with Gasteiger partial charge in [-0.15, -0.1) is 0 Å². The molecule has 0 heterocycles. The second-order valence-electron chi connectivity index (χ2n) is 4.60. The van der Waals surface area contributed by atoms with E-state index in [1.807, 2.05) is 24.3 Å². The average molecular weight is 287 g/mol. The fourth-order valence-corrected chi connectivity index (χ4v) is 2.20. The van der Waals surface area contributed by atoms with Gasteiger partial charge in [0.05, 0.1) is 6.42 Å². The summed E-state index contributed by atoms with van der Waals surface area (Å²) in [4.78, 5) is 23.7. The number of hydrogen-bond donors (Lipinski definition) is 0. The summed E-state index contributed by atoms with van der Waals surface area (Å²) < 4.78 is 0. The summed E-state index contributed by atoms with van der Waals surface area (Å²) >= 11 is 6.03. The Balaban J connectivity index is 1.87. The van der Waals surface area contributed by atoms with E-state index in [1.165, 1.54) is 0 Å². The quantitative estimate of drug-likeness (QED) is 0.591. The number of Topliss-reactive ketones (excluding diaryl/α,β-unsaturated/α-hetero) is 2. The Kier molecular flexibility index (Phi) is 5.08. The van der Waals surface area contributed by atoms with Crippen LogP contribution in [0.1, 0.15) is 28.8 Å². The second-order valence-corrected chi connectivity index (χ2v) is 5.00. The molecule has 0 amide bonds. The highest BCUT2D eigenvalue weighted by molar-refractivity contribution is 6.31. The van der Waals surface area contributed by atoms with Gasteiger partial charge in [-0.05, 0) is 18.1 Å². The maximum atomic E-state index is 11.9. The van der Waals surface area contributed by atoms with E-state index in [0.717, 1.165) is 5.56 Å². The van der Waals surface area contributed by atoms with Crippen molar-refractivity contribution >= 4 is 23.2 Å². The minimum atomic E-state index is -0.130. The molecule has 0 aliphatic carbocycles. The van der Waals surface area contributed by atoms with Crippen LogP contribution in [0.4, 0.5) is 0 Å². The minimum Gasteiger partial charge on any atom is -0.299 e. The highest BCUT2D eigenvalue weighted by atomic mass is 35.5. The Morgan fingerprint density at radius 1 is 0.900 bits per heavy atom. The SMILES string of the molecule is O=C(CCc1ccccc1Cl)CC(=O)c1ccccc1. The summed E-state index contributed by atoms with van der Waals surface area (Å²) in [6, 6.07) is 16.3. The predicted molar refractivity (Wildman–Crippen MR) is 80.2 cm³/mol. The van der Waals surface area contributed by atoms with E-state index in [-0.39, 0.29) is 18.0 Å². The van der Waals surface area contributed by atoms with Crippen LogP contribution in [0.25, 0.3) is 0 Å². The van der Waals surface area contributed by atoms with Gasteiger partial charge < -0.3 is 0 Å². The number of benzene rings is 2. The van der Waals surface area contributed by atoms with Crippen molar-refractivity contribution in [1.29, 1.82) is 0 Å². The topological polar surface area (TPSA) is 34.1 Å². The van der Waals surface area contributed by atoms with Gasteiger partial charge in [0.2, 0.25) is 0 Å². The average Bonchev–Trinajstić information content (AvgIpc) is 2.47. The van der Waals surface area contributed by atoms with Crippen molar-refractivity contribution in [3.05, 3.63) is 70.7 Å². The van der Waals surface area contributed by atoms with Gasteiger partial charge in [0.15, 0.2) is 5.78 Å². The van der Waals surface area contributed by atoms with Crippen molar-refractivity contribution in [1.82, 2.24) is 0 Å².